The standard InChI is InChI=1S/C33H23N3O3S/c37-31-28(21-30-27(22-10-4-1-5-11-22)20-29(34-30)23-12-6-2-7-13-23)32(38)36(33(40)35-31)24-16-18-26(19-17-24)39-25-14-8-3-9-15-25/h1-21,34H,(H,35,37,40)/b28-21-. The van der Waals surface area contributed by atoms with Crippen LogP contribution in [0.25, 0.3) is 28.5 Å². The van der Waals surface area contributed by atoms with E-state index < -0.39 is 11.8 Å². The Morgan fingerprint density at radius 1 is 0.700 bits per heavy atom. The summed E-state index contributed by atoms with van der Waals surface area (Å²) in [6.45, 7) is 0. The third-order valence-corrected chi connectivity index (χ3v) is 6.77. The number of thiocarbonyl (C=S) groups is 1. The van der Waals surface area contributed by atoms with Crippen LogP contribution < -0.4 is 15.0 Å². The zero-order chi connectivity index (χ0) is 27.5. The first-order valence-corrected chi connectivity index (χ1v) is 13.1. The van der Waals surface area contributed by atoms with E-state index in [1.165, 1.54) is 4.90 Å². The van der Waals surface area contributed by atoms with Crippen LogP contribution in [0.5, 0.6) is 11.5 Å². The summed E-state index contributed by atoms with van der Waals surface area (Å²) in [5.41, 5.74) is 4.81. The number of anilines is 1. The molecule has 5 aromatic rings. The Hall–Kier alpha value is -5.27. The second-order valence-electron chi connectivity index (χ2n) is 9.11. The van der Waals surface area contributed by atoms with Gasteiger partial charge in [-0.25, -0.2) is 0 Å². The molecule has 0 spiro atoms. The summed E-state index contributed by atoms with van der Waals surface area (Å²) in [5.74, 6) is 0.246. The number of hydrogen-bond donors (Lipinski definition) is 2. The molecule has 0 saturated carbocycles. The highest BCUT2D eigenvalue weighted by Crippen LogP contribution is 2.32. The molecule has 1 aliphatic heterocycles. The SMILES string of the molecule is O=C1NC(=S)N(c2ccc(Oc3ccccc3)cc2)C(=O)/C1=C\c1[nH]c(-c2ccccc2)cc1-c1ccccc1. The molecule has 1 fully saturated rings. The lowest BCUT2D eigenvalue weighted by atomic mass is 10.0. The van der Waals surface area contributed by atoms with Gasteiger partial charge in [-0.15, -0.1) is 0 Å². The number of rotatable bonds is 6. The van der Waals surface area contributed by atoms with E-state index in [1.54, 1.807) is 30.3 Å². The first-order valence-electron chi connectivity index (χ1n) is 12.6. The van der Waals surface area contributed by atoms with Crippen LogP contribution in [-0.4, -0.2) is 21.9 Å². The summed E-state index contributed by atoms with van der Waals surface area (Å²) >= 11 is 5.40. The summed E-state index contributed by atoms with van der Waals surface area (Å²) in [6, 6.07) is 38.1. The van der Waals surface area contributed by atoms with E-state index in [9.17, 15) is 9.59 Å². The quantitative estimate of drug-likeness (QED) is 0.138. The number of carbonyl (C=O) groups is 2. The molecule has 4 aromatic carbocycles. The molecule has 2 amide bonds. The zero-order valence-electron chi connectivity index (χ0n) is 21.2. The number of ether oxygens (including phenoxy) is 1. The number of carbonyl (C=O) groups excluding carboxylic acids is 2. The average Bonchev–Trinajstić information content (AvgIpc) is 3.41. The third-order valence-electron chi connectivity index (χ3n) is 6.48. The topological polar surface area (TPSA) is 74.4 Å². The molecular weight excluding hydrogens is 518 g/mol. The first kappa shape index (κ1) is 25.0. The lowest BCUT2D eigenvalue weighted by Crippen LogP contribution is -2.54. The Morgan fingerprint density at radius 2 is 1.27 bits per heavy atom. The number of aromatic nitrogens is 1. The maximum Gasteiger partial charge on any atom is 0.270 e. The van der Waals surface area contributed by atoms with Crippen LogP contribution in [0.1, 0.15) is 5.69 Å². The smallest absolute Gasteiger partial charge is 0.270 e. The summed E-state index contributed by atoms with van der Waals surface area (Å²) in [6.07, 6.45) is 1.59. The van der Waals surface area contributed by atoms with Gasteiger partial charge in [-0.05, 0) is 71.9 Å². The van der Waals surface area contributed by atoms with Crippen molar-refractivity contribution in [1.82, 2.24) is 10.3 Å². The van der Waals surface area contributed by atoms with Crippen molar-refractivity contribution in [2.24, 2.45) is 0 Å². The maximum absolute atomic E-state index is 13.7. The van der Waals surface area contributed by atoms with E-state index in [0.29, 0.717) is 22.9 Å². The Morgan fingerprint density at radius 3 is 1.93 bits per heavy atom. The highest BCUT2D eigenvalue weighted by atomic mass is 32.1. The predicted octanol–water partition coefficient (Wildman–Crippen LogP) is 6.97. The van der Waals surface area contributed by atoms with Crippen molar-refractivity contribution in [2.75, 3.05) is 4.90 Å². The zero-order valence-corrected chi connectivity index (χ0v) is 22.0. The monoisotopic (exact) mass is 541 g/mol. The summed E-state index contributed by atoms with van der Waals surface area (Å²) in [5, 5.41) is 2.68. The van der Waals surface area contributed by atoms with Crippen LogP contribution in [-0.2, 0) is 9.59 Å². The average molecular weight is 542 g/mol. The highest BCUT2D eigenvalue weighted by molar-refractivity contribution is 7.80. The normalized spacial score (nSPS) is 14.3. The molecule has 194 valence electrons. The lowest BCUT2D eigenvalue weighted by molar-refractivity contribution is -0.122. The number of nitrogens with zero attached hydrogens (tertiary/aromatic N) is 1. The molecule has 6 nitrogen and oxygen atoms in total. The van der Waals surface area contributed by atoms with Crippen molar-refractivity contribution >= 4 is 40.9 Å². The van der Waals surface area contributed by atoms with E-state index in [2.05, 4.69) is 10.3 Å². The largest absolute Gasteiger partial charge is 0.457 e. The third kappa shape index (κ3) is 5.06. The molecule has 1 saturated heterocycles. The van der Waals surface area contributed by atoms with Crippen molar-refractivity contribution in [2.45, 2.75) is 0 Å². The van der Waals surface area contributed by atoms with E-state index in [0.717, 1.165) is 22.4 Å². The second kappa shape index (κ2) is 10.8. The summed E-state index contributed by atoms with van der Waals surface area (Å²) in [7, 11) is 0. The van der Waals surface area contributed by atoms with Gasteiger partial charge in [0.25, 0.3) is 11.8 Å². The Kier molecular flexibility index (Phi) is 6.78. The van der Waals surface area contributed by atoms with Crippen LogP contribution in [0.4, 0.5) is 5.69 Å². The number of hydrogen-bond acceptors (Lipinski definition) is 4. The first-order chi connectivity index (χ1) is 19.6. The fraction of sp³-hybridized carbons (Fsp3) is 0. The van der Waals surface area contributed by atoms with Crippen molar-refractivity contribution < 1.29 is 14.3 Å². The molecule has 2 heterocycles. The van der Waals surface area contributed by atoms with Gasteiger partial charge in [0.2, 0.25) is 0 Å². The van der Waals surface area contributed by atoms with Crippen LogP contribution >= 0.6 is 12.2 Å². The molecule has 1 aromatic heterocycles. The number of amides is 2. The molecule has 1 aliphatic rings. The number of nitrogens with one attached hydrogen (secondary N) is 2. The van der Waals surface area contributed by atoms with Crippen LogP contribution in [0, 0.1) is 0 Å². The van der Waals surface area contributed by atoms with E-state index >= 15 is 0 Å². The van der Waals surface area contributed by atoms with E-state index in [-0.39, 0.29) is 10.7 Å². The second-order valence-corrected chi connectivity index (χ2v) is 9.50. The van der Waals surface area contributed by atoms with Gasteiger partial charge in [-0.1, -0.05) is 78.9 Å². The van der Waals surface area contributed by atoms with Gasteiger partial charge in [0, 0.05) is 17.0 Å². The number of H-pyrrole nitrogens is 1. The van der Waals surface area contributed by atoms with Gasteiger partial charge in [-0.2, -0.15) is 0 Å². The van der Waals surface area contributed by atoms with Gasteiger partial charge in [-0.3, -0.25) is 19.8 Å². The summed E-state index contributed by atoms with van der Waals surface area (Å²) < 4.78 is 5.86. The van der Waals surface area contributed by atoms with Crippen LogP contribution in [0.3, 0.4) is 0 Å². The minimum atomic E-state index is -0.551. The number of aromatic amines is 1. The Labute approximate surface area is 236 Å². The molecule has 0 bridgehead atoms. The molecule has 0 unspecified atom stereocenters. The van der Waals surface area contributed by atoms with Gasteiger partial charge in [0.1, 0.15) is 17.1 Å². The van der Waals surface area contributed by atoms with Crippen LogP contribution in [0.2, 0.25) is 0 Å². The van der Waals surface area contributed by atoms with Gasteiger partial charge in [0.05, 0.1) is 5.69 Å². The Balaban J connectivity index is 1.35. The minimum Gasteiger partial charge on any atom is -0.457 e. The van der Waals surface area contributed by atoms with Crippen molar-refractivity contribution in [3.8, 4) is 33.9 Å². The summed E-state index contributed by atoms with van der Waals surface area (Å²) in [4.78, 5) is 31.5. The van der Waals surface area contributed by atoms with Crippen molar-refractivity contribution in [3.63, 3.8) is 0 Å². The van der Waals surface area contributed by atoms with Gasteiger partial charge >= 0.3 is 0 Å². The van der Waals surface area contributed by atoms with E-state index in [4.69, 9.17) is 17.0 Å². The van der Waals surface area contributed by atoms with Crippen molar-refractivity contribution in [3.05, 3.63) is 133 Å². The number of para-hydroxylation sites is 1. The maximum atomic E-state index is 13.7. The molecular formula is C33H23N3O3S. The van der Waals surface area contributed by atoms with Gasteiger partial charge in [0.15, 0.2) is 5.11 Å². The van der Waals surface area contributed by atoms with E-state index in [1.807, 2.05) is 97.1 Å². The number of benzene rings is 4. The molecule has 2 N–H and O–H groups in total. The lowest BCUT2D eigenvalue weighted by Gasteiger charge is -2.29. The molecule has 40 heavy (non-hydrogen) atoms. The molecule has 0 radical (unpaired) electrons. The Bertz CT molecular complexity index is 1730. The van der Waals surface area contributed by atoms with Gasteiger partial charge < -0.3 is 9.72 Å². The predicted molar refractivity (Wildman–Crippen MR) is 161 cm³/mol. The molecule has 0 atom stereocenters. The molecule has 7 heteroatoms. The molecule has 6 rings (SSSR count). The van der Waals surface area contributed by atoms with Crippen molar-refractivity contribution in [1.29, 1.82) is 0 Å². The highest BCUT2D eigenvalue weighted by Gasteiger charge is 2.35. The minimum absolute atomic E-state index is 0.0172. The molecule has 0 aliphatic carbocycles. The fourth-order valence-electron chi connectivity index (χ4n) is 4.54. The fourth-order valence-corrected chi connectivity index (χ4v) is 4.82. The van der Waals surface area contributed by atoms with Crippen LogP contribution in [0.15, 0.2) is 127 Å².